The molecule has 0 fully saturated rings. The number of benzene rings is 2. The van der Waals surface area contributed by atoms with Crippen LogP contribution in [0.4, 0.5) is 0 Å². The van der Waals surface area contributed by atoms with Crippen LogP contribution in [0.15, 0.2) is 65.1 Å². The number of carboxylic acid groups (broad SMARTS) is 1. The van der Waals surface area contributed by atoms with Gasteiger partial charge in [-0.05, 0) is 48.5 Å². The molecule has 0 saturated carbocycles. The number of hydrogen-bond acceptors (Lipinski definition) is 7. The molecule has 0 amide bonds. The van der Waals surface area contributed by atoms with Gasteiger partial charge in [0, 0.05) is 0 Å². The number of rotatable bonds is 5. The lowest BCUT2D eigenvalue weighted by Gasteiger charge is -2.17. The molecule has 9 nitrogen and oxygen atoms in total. The average Bonchev–Trinajstić information content (AvgIpc) is 2.72. The van der Waals surface area contributed by atoms with Gasteiger partial charge in [0.15, 0.2) is 0 Å². The van der Waals surface area contributed by atoms with Gasteiger partial charge in [0.1, 0.15) is 11.5 Å². The Morgan fingerprint density at radius 2 is 1.13 bits per heavy atom. The van der Waals surface area contributed by atoms with E-state index in [1.54, 1.807) is 38.5 Å². The topological polar surface area (TPSA) is 159 Å². The van der Waals surface area contributed by atoms with Crippen LogP contribution < -0.4 is 28.1 Å². The molecule has 3 aromatic rings. The molecule has 0 aliphatic rings. The lowest BCUT2D eigenvalue weighted by atomic mass is 10.1. The minimum absolute atomic E-state index is 0.155. The second kappa shape index (κ2) is 10.0. The maximum Gasteiger partial charge on any atom is 0.361 e. The molecule has 158 valence electrons. The highest BCUT2D eigenvalue weighted by molar-refractivity contribution is 5.90. The Morgan fingerprint density at radius 1 is 0.800 bits per heavy atom. The number of carbonyl (C=O) groups is 1. The van der Waals surface area contributed by atoms with Crippen LogP contribution in [0.5, 0.6) is 11.5 Å². The summed E-state index contributed by atoms with van der Waals surface area (Å²) < 4.78 is 50.2. The van der Waals surface area contributed by atoms with Gasteiger partial charge in [-0.1, -0.05) is 0 Å². The summed E-state index contributed by atoms with van der Waals surface area (Å²) >= 11 is 0. The van der Waals surface area contributed by atoms with E-state index >= 15 is 0 Å². The lowest BCUT2D eigenvalue weighted by molar-refractivity contribution is -2.00. The molecular formula is C20H17ClO9. The van der Waals surface area contributed by atoms with E-state index in [1.807, 2.05) is 24.3 Å². The highest BCUT2D eigenvalue weighted by atomic mass is 35.7. The fourth-order valence-electron chi connectivity index (χ4n) is 2.42. The van der Waals surface area contributed by atoms with Gasteiger partial charge in [0.2, 0.25) is 0 Å². The summed E-state index contributed by atoms with van der Waals surface area (Å²) in [6.45, 7) is 0. The van der Waals surface area contributed by atoms with Crippen LogP contribution >= 0.6 is 0 Å². The Balaban J connectivity index is 0.000000575. The second-order valence-electron chi connectivity index (χ2n) is 5.71. The summed E-state index contributed by atoms with van der Waals surface area (Å²) in [6, 6.07) is 17.5. The monoisotopic (exact) mass is 436 g/mol. The zero-order chi connectivity index (χ0) is 22.3. The molecule has 1 N–H and O–H groups in total. The van der Waals surface area contributed by atoms with Gasteiger partial charge in [-0.2, -0.15) is 0 Å². The van der Waals surface area contributed by atoms with E-state index in [-0.39, 0.29) is 5.56 Å². The maximum absolute atomic E-state index is 11.5. The number of ether oxygens (including phenoxy) is 2. The quantitative estimate of drug-likeness (QED) is 0.536. The first-order valence-corrected chi connectivity index (χ1v) is 9.46. The minimum Gasteiger partial charge on any atom is -0.497 e. The second-order valence-corrected chi connectivity index (χ2v) is 6.47. The molecular weight excluding hydrogens is 420 g/mol. The molecule has 0 atom stereocenters. The normalized spacial score (nSPS) is 10.6. The van der Waals surface area contributed by atoms with E-state index in [2.05, 4.69) is 0 Å². The first-order chi connectivity index (χ1) is 14.1. The van der Waals surface area contributed by atoms with Crippen molar-refractivity contribution in [3.8, 4) is 34.1 Å². The van der Waals surface area contributed by atoms with Crippen molar-refractivity contribution in [1.29, 1.82) is 0 Å². The average molecular weight is 437 g/mol. The third-order valence-electron chi connectivity index (χ3n) is 3.79. The van der Waals surface area contributed by atoms with Gasteiger partial charge in [0.25, 0.3) is 0 Å². The van der Waals surface area contributed by atoms with Gasteiger partial charge in [-0.15, -0.1) is 10.2 Å². The van der Waals surface area contributed by atoms with Crippen molar-refractivity contribution in [3.05, 3.63) is 66.2 Å². The Morgan fingerprint density at radius 3 is 1.40 bits per heavy atom. The first-order valence-electron chi connectivity index (χ1n) is 8.23. The van der Waals surface area contributed by atoms with Crippen molar-refractivity contribution < 1.29 is 52.7 Å². The largest absolute Gasteiger partial charge is 0.497 e. The molecule has 0 bridgehead atoms. The highest BCUT2D eigenvalue weighted by Crippen LogP contribution is 2.30. The zero-order valence-corrected chi connectivity index (χ0v) is 16.6. The van der Waals surface area contributed by atoms with Crippen LogP contribution in [0.25, 0.3) is 22.6 Å². The molecule has 0 radical (unpaired) electrons. The predicted molar refractivity (Wildman–Crippen MR) is 94.1 cm³/mol. The third kappa shape index (κ3) is 6.99. The van der Waals surface area contributed by atoms with E-state index in [9.17, 15) is 9.90 Å². The fraction of sp³-hybridized carbons (Fsp3) is 0.100. The first kappa shape index (κ1) is 23.1. The van der Waals surface area contributed by atoms with E-state index in [0.29, 0.717) is 23.0 Å². The SMILES string of the molecule is COc1ccc(-c2cc(C(=O)O)cc(-c3ccc(OC)cc3)[o+]2)cc1.[O-][Cl+3]([O-])([O-])[O-]. The van der Waals surface area contributed by atoms with Gasteiger partial charge in [-0.25, -0.2) is 27.8 Å². The molecule has 0 aliphatic carbocycles. The summed E-state index contributed by atoms with van der Waals surface area (Å²) in [6.07, 6.45) is 0. The summed E-state index contributed by atoms with van der Waals surface area (Å²) in [4.78, 5) is 11.5. The van der Waals surface area contributed by atoms with Crippen molar-refractivity contribution in [3.63, 3.8) is 0 Å². The van der Waals surface area contributed by atoms with Crippen molar-refractivity contribution in [2.24, 2.45) is 0 Å². The Kier molecular flexibility index (Phi) is 7.70. The van der Waals surface area contributed by atoms with Crippen LogP contribution in [0, 0.1) is 10.2 Å². The predicted octanol–water partition coefficient (Wildman–Crippen LogP) is -0.146. The van der Waals surface area contributed by atoms with Crippen LogP contribution in [-0.4, -0.2) is 25.3 Å². The Hall–Kier alpha value is -3.21. The van der Waals surface area contributed by atoms with Crippen molar-refractivity contribution in [1.82, 2.24) is 0 Å². The highest BCUT2D eigenvalue weighted by Gasteiger charge is 2.22. The van der Waals surface area contributed by atoms with Gasteiger partial charge in [-0.3, -0.25) is 0 Å². The van der Waals surface area contributed by atoms with Crippen LogP contribution in [0.1, 0.15) is 10.4 Å². The summed E-state index contributed by atoms with van der Waals surface area (Å²) in [5.74, 6) is 1.35. The molecule has 3 rings (SSSR count). The van der Waals surface area contributed by atoms with Crippen molar-refractivity contribution in [2.45, 2.75) is 0 Å². The van der Waals surface area contributed by atoms with Gasteiger partial charge >= 0.3 is 17.5 Å². The standard InChI is InChI=1S/C20H16O5.ClHO4/c1-23-16-7-3-13(4-8-16)18-11-15(20(21)22)12-19(25-18)14-5-9-17(24-2)10-6-14;2-1(3,4)5/h3-12H,1-2H3;(H,2,3,4,5). The molecule has 2 aromatic carbocycles. The molecule has 1 aromatic heterocycles. The van der Waals surface area contributed by atoms with Crippen LogP contribution in [-0.2, 0) is 0 Å². The molecule has 0 unspecified atom stereocenters. The number of aromatic carboxylic acids is 1. The number of halogens is 1. The molecule has 30 heavy (non-hydrogen) atoms. The van der Waals surface area contributed by atoms with Crippen LogP contribution in [0.3, 0.4) is 0 Å². The Labute approximate surface area is 173 Å². The summed E-state index contributed by atoms with van der Waals surface area (Å²) in [5, 5.41) is 9.41. The molecule has 0 saturated heterocycles. The molecule has 1 heterocycles. The number of hydrogen-bond donors (Lipinski definition) is 1. The van der Waals surface area contributed by atoms with E-state index in [1.165, 1.54) is 12.1 Å². The smallest absolute Gasteiger partial charge is 0.361 e. The number of methoxy groups -OCH3 is 2. The lowest BCUT2D eigenvalue weighted by Crippen LogP contribution is -2.68. The van der Waals surface area contributed by atoms with E-state index in [4.69, 9.17) is 32.5 Å². The van der Waals surface area contributed by atoms with Gasteiger partial charge < -0.3 is 14.6 Å². The molecule has 0 spiro atoms. The fourth-order valence-corrected chi connectivity index (χ4v) is 2.42. The minimum atomic E-state index is -4.94. The van der Waals surface area contributed by atoms with Gasteiger partial charge in [0.05, 0.1) is 43.0 Å². The zero-order valence-electron chi connectivity index (χ0n) is 15.9. The molecule has 0 aliphatic heterocycles. The maximum atomic E-state index is 11.5. The Bertz CT molecular complexity index is 909. The summed E-state index contributed by atoms with van der Waals surface area (Å²) in [7, 11) is -1.77. The van der Waals surface area contributed by atoms with Crippen molar-refractivity contribution in [2.75, 3.05) is 14.2 Å². The molecule has 10 heteroatoms. The summed E-state index contributed by atoms with van der Waals surface area (Å²) in [5.41, 5.74) is 1.68. The third-order valence-corrected chi connectivity index (χ3v) is 3.79. The van der Waals surface area contributed by atoms with Crippen molar-refractivity contribution >= 4 is 5.97 Å². The van der Waals surface area contributed by atoms with Crippen LogP contribution in [0.2, 0.25) is 0 Å². The van der Waals surface area contributed by atoms with E-state index < -0.39 is 16.2 Å². The number of carboxylic acids is 1. The van der Waals surface area contributed by atoms with E-state index in [0.717, 1.165) is 11.1 Å².